The summed E-state index contributed by atoms with van der Waals surface area (Å²) in [7, 11) is 0. The SMILES string of the molecule is Cc1cccc(NC(=O)Cn2c(=O)n(CCCCC(=O)NC(C)C)c(=O)c3ccccc32)c1. The van der Waals surface area contributed by atoms with Gasteiger partial charge < -0.3 is 10.6 Å². The average Bonchev–Trinajstić information content (AvgIpc) is 2.75. The number of nitrogens with zero attached hydrogens (tertiary/aromatic N) is 2. The molecular formula is C25H30N4O4. The first-order valence-corrected chi connectivity index (χ1v) is 11.1. The van der Waals surface area contributed by atoms with Crippen molar-refractivity contribution < 1.29 is 9.59 Å². The van der Waals surface area contributed by atoms with Crippen LogP contribution in [0.3, 0.4) is 0 Å². The monoisotopic (exact) mass is 450 g/mol. The summed E-state index contributed by atoms with van der Waals surface area (Å²) in [6.07, 6.45) is 1.37. The Morgan fingerprint density at radius 3 is 2.42 bits per heavy atom. The molecule has 0 spiro atoms. The van der Waals surface area contributed by atoms with E-state index in [9.17, 15) is 19.2 Å². The van der Waals surface area contributed by atoms with Gasteiger partial charge in [0, 0.05) is 24.7 Å². The molecule has 33 heavy (non-hydrogen) atoms. The molecule has 0 unspecified atom stereocenters. The molecule has 8 nitrogen and oxygen atoms in total. The minimum absolute atomic E-state index is 0.0545. The number of hydrogen-bond acceptors (Lipinski definition) is 4. The molecule has 0 atom stereocenters. The van der Waals surface area contributed by atoms with E-state index in [-0.39, 0.29) is 30.9 Å². The second-order valence-corrected chi connectivity index (χ2v) is 8.44. The van der Waals surface area contributed by atoms with Gasteiger partial charge in [-0.15, -0.1) is 0 Å². The number of benzene rings is 2. The van der Waals surface area contributed by atoms with E-state index in [4.69, 9.17) is 0 Å². The number of carbonyl (C=O) groups is 2. The molecule has 2 N–H and O–H groups in total. The molecule has 2 aromatic carbocycles. The molecule has 0 bridgehead atoms. The molecule has 1 heterocycles. The smallest absolute Gasteiger partial charge is 0.331 e. The Bertz CT molecular complexity index is 1270. The molecule has 2 amide bonds. The Kier molecular flexibility index (Phi) is 7.82. The second kappa shape index (κ2) is 10.8. The predicted molar refractivity (Wildman–Crippen MR) is 129 cm³/mol. The van der Waals surface area contributed by atoms with E-state index in [1.165, 1.54) is 4.57 Å². The van der Waals surface area contributed by atoms with Gasteiger partial charge in [0.15, 0.2) is 0 Å². The lowest BCUT2D eigenvalue weighted by atomic mass is 10.2. The molecule has 0 fully saturated rings. The third kappa shape index (κ3) is 6.19. The standard InChI is InChI=1S/C25H30N4O4/c1-17(2)26-22(30)13-6-7-14-28-24(32)20-11-4-5-12-21(20)29(25(28)33)16-23(31)27-19-10-8-9-18(3)15-19/h4-5,8-12,15,17H,6-7,13-14,16H2,1-3H3,(H,26,30)(H,27,31). The van der Waals surface area contributed by atoms with Crippen molar-refractivity contribution in [3.63, 3.8) is 0 Å². The number of hydrogen-bond donors (Lipinski definition) is 2. The van der Waals surface area contributed by atoms with E-state index in [2.05, 4.69) is 10.6 Å². The number of aromatic nitrogens is 2. The highest BCUT2D eigenvalue weighted by Gasteiger charge is 2.15. The van der Waals surface area contributed by atoms with Crippen molar-refractivity contribution in [2.24, 2.45) is 0 Å². The maximum Gasteiger partial charge on any atom is 0.331 e. The van der Waals surface area contributed by atoms with Crippen molar-refractivity contribution >= 4 is 28.4 Å². The topological polar surface area (TPSA) is 102 Å². The number of rotatable bonds is 9. The maximum atomic E-state index is 13.2. The molecule has 0 aliphatic carbocycles. The van der Waals surface area contributed by atoms with Crippen LogP contribution in [0, 0.1) is 6.92 Å². The first-order valence-electron chi connectivity index (χ1n) is 11.1. The van der Waals surface area contributed by atoms with Crippen LogP contribution in [0.1, 0.15) is 38.7 Å². The summed E-state index contributed by atoms with van der Waals surface area (Å²) >= 11 is 0. The van der Waals surface area contributed by atoms with Crippen LogP contribution in [-0.4, -0.2) is 27.0 Å². The van der Waals surface area contributed by atoms with E-state index in [0.717, 1.165) is 10.1 Å². The predicted octanol–water partition coefficient (Wildman–Crippen LogP) is 2.81. The summed E-state index contributed by atoms with van der Waals surface area (Å²) in [6.45, 7) is 5.67. The fraction of sp³-hybridized carbons (Fsp3) is 0.360. The molecule has 1 aromatic heterocycles. The number of amides is 2. The highest BCUT2D eigenvalue weighted by Crippen LogP contribution is 2.11. The van der Waals surface area contributed by atoms with Gasteiger partial charge in [0.05, 0.1) is 10.9 Å². The minimum Gasteiger partial charge on any atom is -0.354 e. The van der Waals surface area contributed by atoms with Crippen LogP contribution >= 0.6 is 0 Å². The van der Waals surface area contributed by atoms with Crippen LogP contribution in [0.5, 0.6) is 0 Å². The van der Waals surface area contributed by atoms with Crippen molar-refractivity contribution in [3.05, 3.63) is 74.9 Å². The largest absolute Gasteiger partial charge is 0.354 e. The number of aryl methyl sites for hydroxylation is 1. The summed E-state index contributed by atoms with van der Waals surface area (Å²) in [6, 6.07) is 14.2. The lowest BCUT2D eigenvalue weighted by Crippen LogP contribution is -2.41. The number of anilines is 1. The Labute approximate surface area is 192 Å². The van der Waals surface area contributed by atoms with Crippen molar-refractivity contribution in [1.29, 1.82) is 0 Å². The van der Waals surface area contributed by atoms with E-state index in [1.807, 2.05) is 39.0 Å². The molecule has 0 saturated carbocycles. The fourth-order valence-electron chi connectivity index (χ4n) is 3.74. The fourth-order valence-corrected chi connectivity index (χ4v) is 3.74. The van der Waals surface area contributed by atoms with Crippen LogP contribution in [0.4, 0.5) is 5.69 Å². The van der Waals surface area contributed by atoms with Crippen LogP contribution in [0.15, 0.2) is 58.1 Å². The van der Waals surface area contributed by atoms with E-state index in [0.29, 0.717) is 35.9 Å². The Hall–Kier alpha value is -3.68. The maximum absolute atomic E-state index is 13.2. The molecule has 174 valence electrons. The molecule has 3 rings (SSSR count). The zero-order valence-electron chi connectivity index (χ0n) is 19.3. The Morgan fingerprint density at radius 2 is 1.70 bits per heavy atom. The van der Waals surface area contributed by atoms with Gasteiger partial charge in [-0.3, -0.25) is 23.5 Å². The van der Waals surface area contributed by atoms with Gasteiger partial charge in [-0.1, -0.05) is 24.3 Å². The second-order valence-electron chi connectivity index (χ2n) is 8.44. The lowest BCUT2D eigenvalue weighted by molar-refractivity contribution is -0.121. The number of para-hydroxylation sites is 1. The third-order valence-corrected chi connectivity index (χ3v) is 5.22. The van der Waals surface area contributed by atoms with Gasteiger partial charge in [-0.2, -0.15) is 0 Å². The van der Waals surface area contributed by atoms with Crippen molar-refractivity contribution in [2.75, 3.05) is 5.32 Å². The minimum atomic E-state index is -0.537. The summed E-state index contributed by atoms with van der Waals surface area (Å²) in [5.74, 6) is -0.413. The number of unbranched alkanes of at least 4 members (excludes halogenated alkanes) is 1. The summed E-state index contributed by atoms with van der Waals surface area (Å²) in [5.41, 5.74) is 1.14. The average molecular weight is 451 g/mol. The zero-order valence-corrected chi connectivity index (χ0v) is 19.3. The highest BCUT2D eigenvalue weighted by atomic mass is 16.2. The van der Waals surface area contributed by atoms with E-state index >= 15 is 0 Å². The van der Waals surface area contributed by atoms with Crippen LogP contribution in [-0.2, 0) is 22.7 Å². The van der Waals surface area contributed by atoms with Crippen molar-refractivity contribution in [2.45, 2.75) is 59.2 Å². The van der Waals surface area contributed by atoms with Gasteiger partial charge in [0.2, 0.25) is 11.8 Å². The molecule has 0 aliphatic rings. The lowest BCUT2D eigenvalue weighted by Gasteiger charge is -2.14. The number of fused-ring (bicyclic) bond motifs is 1. The van der Waals surface area contributed by atoms with E-state index < -0.39 is 11.2 Å². The highest BCUT2D eigenvalue weighted by molar-refractivity contribution is 5.91. The molecular weight excluding hydrogens is 420 g/mol. The molecule has 8 heteroatoms. The van der Waals surface area contributed by atoms with Gasteiger partial charge in [0.1, 0.15) is 6.54 Å². The summed E-state index contributed by atoms with van der Waals surface area (Å²) in [5, 5.41) is 6.00. The van der Waals surface area contributed by atoms with Gasteiger partial charge in [-0.05, 0) is 63.4 Å². The molecule has 0 saturated heterocycles. The quantitative estimate of drug-likeness (QED) is 0.490. The summed E-state index contributed by atoms with van der Waals surface area (Å²) < 4.78 is 2.48. The van der Waals surface area contributed by atoms with Gasteiger partial charge in [0.25, 0.3) is 5.56 Å². The van der Waals surface area contributed by atoms with Crippen LogP contribution in [0.25, 0.3) is 10.9 Å². The first kappa shape index (κ1) is 24.0. The van der Waals surface area contributed by atoms with Crippen molar-refractivity contribution in [3.8, 4) is 0 Å². The molecule has 0 aliphatic heterocycles. The van der Waals surface area contributed by atoms with E-state index in [1.54, 1.807) is 30.3 Å². The third-order valence-electron chi connectivity index (χ3n) is 5.22. The number of nitrogens with one attached hydrogen (secondary N) is 2. The van der Waals surface area contributed by atoms with Crippen LogP contribution in [0.2, 0.25) is 0 Å². The molecule has 0 radical (unpaired) electrons. The number of carbonyl (C=O) groups excluding carboxylic acids is 2. The normalized spacial score (nSPS) is 11.0. The summed E-state index contributed by atoms with van der Waals surface area (Å²) in [4.78, 5) is 50.7. The first-order chi connectivity index (χ1) is 15.8. The Balaban J connectivity index is 1.82. The van der Waals surface area contributed by atoms with Crippen LogP contribution < -0.4 is 21.9 Å². The van der Waals surface area contributed by atoms with Gasteiger partial charge >= 0.3 is 5.69 Å². The zero-order chi connectivity index (χ0) is 24.0. The van der Waals surface area contributed by atoms with Gasteiger partial charge in [-0.25, -0.2) is 4.79 Å². The van der Waals surface area contributed by atoms with Crippen molar-refractivity contribution in [1.82, 2.24) is 14.5 Å². The Morgan fingerprint density at radius 1 is 0.939 bits per heavy atom. The molecule has 3 aromatic rings.